The van der Waals surface area contributed by atoms with Gasteiger partial charge in [-0.2, -0.15) is 4.99 Å². The van der Waals surface area contributed by atoms with Crippen molar-refractivity contribution in [1.82, 2.24) is 0 Å². The van der Waals surface area contributed by atoms with Gasteiger partial charge in [0, 0.05) is 5.56 Å². The van der Waals surface area contributed by atoms with E-state index in [1.807, 2.05) is 0 Å². The lowest BCUT2D eigenvalue weighted by Crippen LogP contribution is -2.21. The van der Waals surface area contributed by atoms with E-state index in [1.165, 1.54) is 18.2 Å². The largest absolute Gasteiger partial charge is 0.298 e. The van der Waals surface area contributed by atoms with Crippen molar-refractivity contribution in [3.63, 3.8) is 0 Å². The summed E-state index contributed by atoms with van der Waals surface area (Å²) in [4.78, 5) is 25.4. The maximum atomic E-state index is 13.3. The van der Waals surface area contributed by atoms with Crippen LogP contribution in [0.1, 0.15) is 41.6 Å². The molecule has 1 saturated carbocycles. The maximum absolute atomic E-state index is 13.3. The Bertz CT molecular complexity index is 486. The molecule has 0 saturated heterocycles. The molecule has 3 nitrogen and oxygen atoms in total. The van der Waals surface area contributed by atoms with Gasteiger partial charge in [0.2, 0.25) is 6.08 Å². The molecule has 4 heteroatoms. The van der Waals surface area contributed by atoms with E-state index >= 15 is 0 Å². The summed E-state index contributed by atoms with van der Waals surface area (Å²) in [5.41, 5.74) is 0.153. The van der Waals surface area contributed by atoms with Gasteiger partial charge in [0.25, 0.3) is 0 Å². The van der Waals surface area contributed by atoms with Crippen molar-refractivity contribution in [2.24, 2.45) is 4.99 Å². The van der Waals surface area contributed by atoms with Crippen molar-refractivity contribution in [3.05, 3.63) is 35.1 Å². The van der Waals surface area contributed by atoms with Crippen LogP contribution >= 0.6 is 0 Å². The molecule has 88 valence electrons. The lowest BCUT2D eigenvalue weighted by Gasteiger charge is -2.24. The number of aliphatic imine (C=N–C) groups is 1. The molecule has 0 aliphatic heterocycles. The van der Waals surface area contributed by atoms with E-state index in [2.05, 4.69) is 4.99 Å². The average molecular weight is 233 g/mol. The van der Waals surface area contributed by atoms with Gasteiger partial charge in [-0.25, -0.2) is 9.18 Å². The van der Waals surface area contributed by atoms with Crippen LogP contribution in [0.25, 0.3) is 0 Å². The molecule has 0 N–H and O–H groups in total. The van der Waals surface area contributed by atoms with Gasteiger partial charge < -0.3 is 0 Å². The highest BCUT2D eigenvalue weighted by molar-refractivity contribution is 5.78. The molecular weight excluding hydrogens is 221 g/mol. The van der Waals surface area contributed by atoms with Crippen LogP contribution in [0, 0.1) is 5.82 Å². The van der Waals surface area contributed by atoms with E-state index in [9.17, 15) is 14.0 Å². The first-order chi connectivity index (χ1) is 8.22. The molecule has 1 aromatic rings. The van der Waals surface area contributed by atoms with E-state index in [1.54, 1.807) is 6.08 Å². The van der Waals surface area contributed by atoms with Gasteiger partial charge in [0.05, 0.1) is 5.54 Å². The van der Waals surface area contributed by atoms with Crippen LogP contribution in [0.15, 0.2) is 23.2 Å². The van der Waals surface area contributed by atoms with Crippen LogP contribution < -0.4 is 0 Å². The number of hydrogen-bond donors (Lipinski definition) is 0. The van der Waals surface area contributed by atoms with Crippen molar-refractivity contribution >= 4 is 12.4 Å². The van der Waals surface area contributed by atoms with E-state index in [-0.39, 0.29) is 0 Å². The zero-order valence-electron chi connectivity index (χ0n) is 9.28. The predicted molar refractivity (Wildman–Crippen MR) is 60.1 cm³/mol. The van der Waals surface area contributed by atoms with Crippen molar-refractivity contribution in [3.8, 4) is 0 Å². The Morgan fingerprint density at radius 1 is 1.35 bits per heavy atom. The van der Waals surface area contributed by atoms with E-state index in [0.29, 0.717) is 30.3 Å². The lowest BCUT2D eigenvalue weighted by atomic mass is 9.86. The molecule has 0 amide bonds. The third kappa shape index (κ3) is 2.04. The molecule has 1 aliphatic carbocycles. The van der Waals surface area contributed by atoms with Gasteiger partial charge in [0.1, 0.15) is 12.1 Å². The van der Waals surface area contributed by atoms with Crippen molar-refractivity contribution in [2.45, 2.75) is 31.2 Å². The zero-order valence-corrected chi connectivity index (χ0v) is 9.28. The fourth-order valence-corrected chi connectivity index (χ4v) is 2.52. The normalized spacial score (nSPS) is 17.5. The van der Waals surface area contributed by atoms with Crippen molar-refractivity contribution in [2.75, 3.05) is 0 Å². The second kappa shape index (κ2) is 4.60. The number of rotatable bonds is 3. The summed E-state index contributed by atoms with van der Waals surface area (Å²) in [5.74, 6) is -0.419. The number of benzene rings is 1. The fourth-order valence-electron chi connectivity index (χ4n) is 2.52. The Kier molecular flexibility index (Phi) is 3.16. The Balaban J connectivity index is 2.60. The number of carbonyl (C=O) groups is 1. The van der Waals surface area contributed by atoms with Crippen LogP contribution in [-0.4, -0.2) is 12.4 Å². The van der Waals surface area contributed by atoms with Crippen molar-refractivity contribution < 1.29 is 14.0 Å². The molecule has 17 heavy (non-hydrogen) atoms. The third-order valence-corrected chi connectivity index (χ3v) is 3.33. The van der Waals surface area contributed by atoms with Crippen molar-refractivity contribution in [1.29, 1.82) is 0 Å². The molecule has 0 aromatic heterocycles. The summed E-state index contributed by atoms with van der Waals surface area (Å²) in [6, 6.07) is 3.97. The molecule has 0 atom stereocenters. The maximum Gasteiger partial charge on any atom is 0.235 e. The summed E-state index contributed by atoms with van der Waals surface area (Å²) in [7, 11) is 0. The smallest absolute Gasteiger partial charge is 0.235 e. The Labute approximate surface area is 98.4 Å². The minimum absolute atomic E-state index is 0.396. The molecule has 1 aromatic carbocycles. The first-order valence-electron chi connectivity index (χ1n) is 5.56. The van der Waals surface area contributed by atoms with Crippen LogP contribution in [0.4, 0.5) is 4.39 Å². The minimum Gasteiger partial charge on any atom is -0.298 e. The van der Waals surface area contributed by atoms with E-state index in [4.69, 9.17) is 0 Å². The van der Waals surface area contributed by atoms with Crippen LogP contribution in [-0.2, 0) is 10.3 Å². The molecular formula is C13H12FNO2. The first-order valence-corrected chi connectivity index (χ1v) is 5.56. The number of nitrogens with zero attached hydrogens (tertiary/aromatic N) is 1. The summed E-state index contributed by atoms with van der Waals surface area (Å²) in [5, 5.41) is 0. The highest BCUT2D eigenvalue weighted by Gasteiger charge is 2.37. The Morgan fingerprint density at radius 2 is 2.06 bits per heavy atom. The predicted octanol–water partition coefficient (Wildman–Crippen LogP) is 2.74. The Morgan fingerprint density at radius 3 is 2.65 bits per heavy atom. The van der Waals surface area contributed by atoms with E-state index < -0.39 is 11.4 Å². The number of isocyanates is 1. The van der Waals surface area contributed by atoms with E-state index in [0.717, 1.165) is 12.8 Å². The molecule has 1 fully saturated rings. The molecule has 0 spiro atoms. The van der Waals surface area contributed by atoms with Gasteiger partial charge in [0.15, 0.2) is 0 Å². The van der Waals surface area contributed by atoms with Crippen LogP contribution in [0.5, 0.6) is 0 Å². The first kappa shape index (κ1) is 11.7. The van der Waals surface area contributed by atoms with Crippen LogP contribution in [0.3, 0.4) is 0 Å². The van der Waals surface area contributed by atoms with Gasteiger partial charge in [-0.1, -0.05) is 12.8 Å². The molecule has 0 radical (unpaired) electrons. The highest BCUT2D eigenvalue weighted by Crippen LogP contribution is 2.43. The summed E-state index contributed by atoms with van der Waals surface area (Å²) in [6.07, 6.45) is 5.38. The standard InChI is InChI=1S/C13H12FNO2/c14-11-4-3-10(8-16)12(7-11)13(15-9-17)5-1-2-6-13/h3-4,7-8H,1-2,5-6H2. The summed E-state index contributed by atoms with van der Waals surface area (Å²) >= 11 is 0. The van der Waals surface area contributed by atoms with Gasteiger partial charge >= 0.3 is 0 Å². The SMILES string of the molecule is O=C=NC1(c2cc(F)ccc2C=O)CCCC1. The molecule has 0 heterocycles. The lowest BCUT2D eigenvalue weighted by molar-refractivity contribution is 0.112. The molecule has 2 rings (SSSR count). The molecule has 1 aliphatic rings. The second-order valence-corrected chi connectivity index (χ2v) is 4.29. The summed E-state index contributed by atoms with van der Waals surface area (Å²) < 4.78 is 13.3. The zero-order chi connectivity index (χ0) is 12.3. The topological polar surface area (TPSA) is 46.5 Å². The monoisotopic (exact) mass is 233 g/mol. The molecule has 0 unspecified atom stereocenters. The fraction of sp³-hybridized carbons (Fsp3) is 0.385. The van der Waals surface area contributed by atoms with Gasteiger partial charge in [-0.3, -0.25) is 4.79 Å². The third-order valence-electron chi connectivity index (χ3n) is 3.33. The second-order valence-electron chi connectivity index (χ2n) is 4.29. The summed E-state index contributed by atoms with van der Waals surface area (Å²) in [6.45, 7) is 0. The molecule has 0 bridgehead atoms. The highest BCUT2D eigenvalue weighted by atomic mass is 19.1. The number of aldehydes is 1. The number of carbonyl (C=O) groups excluding carboxylic acids is 2. The van der Waals surface area contributed by atoms with Gasteiger partial charge in [-0.15, -0.1) is 0 Å². The number of hydrogen-bond acceptors (Lipinski definition) is 3. The minimum atomic E-state index is -0.750. The van der Waals surface area contributed by atoms with Gasteiger partial charge in [-0.05, 0) is 36.6 Å². The Hall–Kier alpha value is -1.80. The average Bonchev–Trinajstić information content (AvgIpc) is 2.79. The quantitative estimate of drug-likeness (QED) is 0.458. The van der Waals surface area contributed by atoms with Crippen LogP contribution in [0.2, 0.25) is 0 Å². The number of halogens is 1.